The monoisotopic (exact) mass is 1230 g/mol. The summed E-state index contributed by atoms with van der Waals surface area (Å²) >= 11 is 0. The van der Waals surface area contributed by atoms with E-state index in [1.54, 1.807) is 6.08 Å². The SMILES string of the molecule is CCCCCC/C=C/C(O)C(COC1OC(CO)C(OC2OC(CO)C(OC3OC(CO)C(O)C(O)C3O)C(O)C2O)C(O)C1O)NC(=O)CCCCCCCCCCCCCCCCCCCCCC/C=C\C/C=C\C/C=C\CCCCCCC. The van der Waals surface area contributed by atoms with Gasteiger partial charge in [0.2, 0.25) is 5.91 Å². The molecule has 3 fully saturated rings. The zero-order chi connectivity index (χ0) is 62.6. The van der Waals surface area contributed by atoms with Gasteiger partial charge in [-0.25, -0.2) is 0 Å². The summed E-state index contributed by atoms with van der Waals surface area (Å²) in [5.41, 5.74) is 0. The summed E-state index contributed by atoms with van der Waals surface area (Å²) < 4.78 is 34.1. The van der Waals surface area contributed by atoms with E-state index in [2.05, 4.69) is 55.6 Å². The molecule has 0 aromatic heterocycles. The Morgan fingerprint density at radius 1 is 0.419 bits per heavy atom. The van der Waals surface area contributed by atoms with E-state index in [9.17, 15) is 61.0 Å². The molecule has 12 N–H and O–H groups in total. The maximum absolute atomic E-state index is 13.3. The molecule has 0 saturated carbocycles. The van der Waals surface area contributed by atoms with Crippen molar-refractivity contribution in [2.75, 3.05) is 26.4 Å². The number of allylic oxidation sites excluding steroid dienone is 7. The fourth-order valence-electron chi connectivity index (χ4n) is 11.3. The van der Waals surface area contributed by atoms with Gasteiger partial charge in [-0.15, -0.1) is 0 Å². The Hall–Kier alpha value is -2.25. The van der Waals surface area contributed by atoms with Gasteiger partial charge in [0, 0.05) is 6.42 Å². The average Bonchev–Trinajstić information content (AvgIpc) is 1.41. The second-order valence-corrected chi connectivity index (χ2v) is 24.3. The zero-order valence-electron chi connectivity index (χ0n) is 52.8. The molecule has 0 spiro atoms. The van der Waals surface area contributed by atoms with E-state index in [0.29, 0.717) is 6.42 Å². The summed E-state index contributed by atoms with van der Waals surface area (Å²) in [6.07, 6.45) is 31.8. The van der Waals surface area contributed by atoms with Crippen LogP contribution in [0.2, 0.25) is 0 Å². The highest BCUT2D eigenvalue weighted by Gasteiger charge is 2.53. The van der Waals surface area contributed by atoms with Crippen LogP contribution in [-0.4, -0.2) is 193 Å². The summed E-state index contributed by atoms with van der Waals surface area (Å²) in [7, 11) is 0. The number of rotatable bonds is 51. The lowest BCUT2D eigenvalue weighted by Crippen LogP contribution is -2.66. The molecule has 19 heteroatoms. The highest BCUT2D eigenvalue weighted by atomic mass is 16.8. The third kappa shape index (κ3) is 31.7. The van der Waals surface area contributed by atoms with E-state index in [1.165, 1.54) is 148 Å². The Bertz CT molecular complexity index is 1750. The van der Waals surface area contributed by atoms with Crippen molar-refractivity contribution in [3.63, 3.8) is 0 Å². The molecule has 3 aliphatic rings. The molecule has 3 heterocycles. The first-order valence-corrected chi connectivity index (χ1v) is 33.9. The Morgan fingerprint density at radius 3 is 1.21 bits per heavy atom. The van der Waals surface area contributed by atoms with Crippen LogP contribution in [0.15, 0.2) is 48.6 Å². The van der Waals surface area contributed by atoms with Gasteiger partial charge in [-0.3, -0.25) is 4.79 Å². The van der Waals surface area contributed by atoms with Crippen LogP contribution in [0.25, 0.3) is 0 Å². The number of hydrogen-bond donors (Lipinski definition) is 12. The van der Waals surface area contributed by atoms with Crippen LogP contribution < -0.4 is 5.32 Å². The van der Waals surface area contributed by atoms with Crippen LogP contribution in [0.1, 0.15) is 239 Å². The lowest BCUT2D eigenvalue weighted by atomic mass is 9.96. The molecule has 3 saturated heterocycles. The van der Waals surface area contributed by atoms with Gasteiger partial charge in [0.05, 0.1) is 38.6 Å². The predicted octanol–water partition coefficient (Wildman–Crippen LogP) is 8.22. The maximum Gasteiger partial charge on any atom is 0.220 e. The summed E-state index contributed by atoms with van der Waals surface area (Å²) in [5, 5.41) is 120. The molecule has 3 aliphatic heterocycles. The zero-order valence-corrected chi connectivity index (χ0v) is 52.8. The molecule has 86 heavy (non-hydrogen) atoms. The molecule has 502 valence electrons. The van der Waals surface area contributed by atoms with Crippen molar-refractivity contribution in [2.45, 2.75) is 343 Å². The van der Waals surface area contributed by atoms with Crippen molar-refractivity contribution in [1.29, 1.82) is 0 Å². The van der Waals surface area contributed by atoms with Gasteiger partial charge in [-0.05, 0) is 57.8 Å². The normalized spacial score (nSPS) is 29.1. The van der Waals surface area contributed by atoms with Gasteiger partial charge in [0.15, 0.2) is 18.9 Å². The van der Waals surface area contributed by atoms with Crippen LogP contribution in [0.5, 0.6) is 0 Å². The highest BCUT2D eigenvalue weighted by Crippen LogP contribution is 2.33. The number of aliphatic hydroxyl groups is 11. The van der Waals surface area contributed by atoms with Gasteiger partial charge in [0.25, 0.3) is 0 Å². The lowest BCUT2D eigenvalue weighted by Gasteiger charge is -2.48. The van der Waals surface area contributed by atoms with E-state index in [-0.39, 0.29) is 18.9 Å². The summed E-state index contributed by atoms with van der Waals surface area (Å²) in [5.74, 6) is -0.280. The third-order valence-electron chi connectivity index (χ3n) is 16.9. The van der Waals surface area contributed by atoms with Gasteiger partial charge in [-0.2, -0.15) is 0 Å². The fourth-order valence-corrected chi connectivity index (χ4v) is 11.3. The molecular formula is C67H121NO18. The Morgan fingerprint density at radius 2 is 0.767 bits per heavy atom. The first kappa shape index (κ1) is 78.0. The van der Waals surface area contributed by atoms with E-state index < -0.39 is 124 Å². The third-order valence-corrected chi connectivity index (χ3v) is 16.9. The summed E-state index contributed by atoms with van der Waals surface area (Å²) in [6, 6.07) is -0.969. The number of aliphatic hydroxyl groups excluding tert-OH is 11. The molecule has 0 aromatic carbocycles. The quantitative estimate of drug-likeness (QED) is 0.0202. The van der Waals surface area contributed by atoms with Crippen LogP contribution >= 0.6 is 0 Å². The Kier molecular flexibility index (Phi) is 44.8. The lowest BCUT2D eigenvalue weighted by molar-refractivity contribution is -0.379. The van der Waals surface area contributed by atoms with Crippen molar-refractivity contribution in [1.82, 2.24) is 5.32 Å². The smallest absolute Gasteiger partial charge is 0.220 e. The van der Waals surface area contributed by atoms with E-state index >= 15 is 0 Å². The Labute approximate surface area is 516 Å². The molecule has 1 amide bonds. The fraction of sp³-hybridized carbons (Fsp3) is 0.866. The predicted molar refractivity (Wildman–Crippen MR) is 332 cm³/mol. The Balaban J connectivity index is 1.27. The largest absolute Gasteiger partial charge is 0.394 e. The van der Waals surface area contributed by atoms with E-state index in [0.717, 1.165) is 64.2 Å². The van der Waals surface area contributed by atoms with Crippen LogP contribution in [0.4, 0.5) is 0 Å². The molecule has 19 nitrogen and oxygen atoms in total. The van der Waals surface area contributed by atoms with Gasteiger partial charge < -0.3 is 89.9 Å². The standard InChI is InChI=1S/C67H121NO18/c1-3-5-7-9-11-12-13-14-15-16-17-18-19-20-21-22-23-24-25-26-27-28-29-30-31-32-33-34-35-36-37-38-39-41-43-45-55(73)68-50(51(72)44-42-40-10-8-6-4-2)49-81-65-61(79)58(76)63(53(47-70)83-65)86-67-62(80)59(77)64(54(48-71)84-67)85-66-60(78)57(75)56(74)52(46-69)82-66/h13-14,16-17,19-20,42,44,50-54,56-67,69-72,74-80H,3-12,15,18,21-41,43,45-49H2,1-2H3,(H,68,73)/b14-13-,17-16-,20-19-,44-42+. The second kappa shape index (κ2) is 49.5. The minimum absolute atomic E-state index is 0.244. The van der Waals surface area contributed by atoms with Crippen LogP contribution in [-0.2, 0) is 33.2 Å². The minimum Gasteiger partial charge on any atom is -0.394 e. The number of carbonyl (C=O) groups is 1. The molecular weight excluding hydrogens is 1110 g/mol. The van der Waals surface area contributed by atoms with Crippen molar-refractivity contribution in [3.8, 4) is 0 Å². The average molecular weight is 1230 g/mol. The van der Waals surface area contributed by atoms with Crippen LogP contribution in [0, 0.1) is 0 Å². The molecule has 17 atom stereocenters. The van der Waals surface area contributed by atoms with Crippen molar-refractivity contribution in [3.05, 3.63) is 48.6 Å². The molecule has 0 radical (unpaired) electrons. The first-order valence-electron chi connectivity index (χ1n) is 33.9. The summed E-state index contributed by atoms with van der Waals surface area (Å²) in [4.78, 5) is 13.3. The molecule has 3 rings (SSSR count). The minimum atomic E-state index is -1.98. The van der Waals surface area contributed by atoms with Crippen molar-refractivity contribution >= 4 is 5.91 Å². The molecule has 17 unspecified atom stereocenters. The number of unbranched alkanes of at least 4 members (excludes halogenated alkanes) is 29. The van der Waals surface area contributed by atoms with Gasteiger partial charge in [-0.1, -0.05) is 223 Å². The number of amides is 1. The first-order chi connectivity index (χ1) is 41.8. The molecule has 0 aliphatic carbocycles. The second-order valence-electron chi connectivity index (χ2n) is 24.3. The van der Waals surface area contributed by atoms with E-state index in [4.69, 9.17) is 28.4 Å². The number of hydrogen-bond acceptors (Lipinski definition) is 18. The van der Waals surface area contributed by atoms with Crippen molar-refractivity contribution < 1.29 is 89.4 Å². The highest BCUT2D eigenvalue weighted by molar-refractivity contribution is 5.76. The van der Waals surface area contributed by atoms with Gasteiger partial charge >= 0.3 is 0 Å². The van der Waals surface area contributed by atoms with Gasteiger partial charge in [0.1, 0.15) is 73.2 Å². The summed E-state index contributed by atoms with van der Waals surface area (Å²) in [6.45, 7) is 1.62. The number of nitrogens with one attached hydrogen (secondary N) is 1. The number of carbonyl (C=O) groups excluding carboxylic acids is 1. The molecule has 0 aromatic rings. The van der Waals surface area contributed by atoms with E-state index in [1.807, 2.05) is 6.08 Å². The maximum atomic E-state index is 13.3. The van der Waals surface area contributed by atoms with Crippen LogP contribution in [0.3, 0.4) is 0 Å². The topological polar surface area (TPSA) is 307 Å². The van der Waals surface area contributed by atoms with Crippen molar-refractivity contribution in [2.24, 2.45) is 0 Å². The molecule has 0 bridgehead atoms. The number of ether oxygens (including phenoxy) is 6.